The van der Waals surface area contributed by atoms with Gasteiger partial charge < -0.3 is 0 Å². The molecule has 0 unspecified atom stereocenters. The summed E-state index contributed by atoms with van der Waals surface area (Å²) in [6.45, 7) is 6.31. The van der Waals surface area contributed by atoms with Crippen LogP contribution in [-0.2, 0) is 0 Å². The number of allylic oxidation sites excluding steroid dienone is 4. The van der Waals surface area contributed by atoms with Gasteiger partial charge in [-0.05, 0) is 32.4 Å². The van der Waals surface area contributed by atoms with Crippen molar-refractivity contribution in [1.29, 1.82) is 0 Å². The van der Waals surface area contributed by atoms with Gasteiger partial charge in [0.2, 0.25) is 0 Å². The summed E-state index contributed by atoms with van der Waals surface area (Å²) < 4.78 is 1.87. The molecule has 0 saturated heterocycles. The van der Waals surface area contributed by atoms with Crippen molar-refractivity contribution in [2.24, 2.45) is 0 Å². The van der Waals surface area contributed by atoms with Crippen LogP contribution in [0.5, 0.6) is 0 Å². The topological polar surface area (TPSA) is 17.8 Å². The van der Waals surface area contributed by atoms with Gasteiger partial charge in [0, 0.05) is 12.4 Å². The molecule has 1 aromatic rings. The molecule has 1 heterocycles. The Balaban J connectivity index is 2.89. The molecule has 0 aliphatic heterocycles. The highest BCUT2D eigenvalue weighted by molar-refractivity contribution is 5.56. The summed E-state index contributed by atoms with van der Waals surface area (Å²) >= 11 is 0. The van der Waals surface area contributed by atoms with Gasteiger partial charge in [-0.1, -0.05) is 18.6 Å². The highest BCUT2D eigenvalue weighted by Gasteiger charge is 1.95. The van der Waals surface area contributed by atoms with Crippen LogP contribution in [-0.4, -0.2) is 9.78 Å². The van der Waals surface area contributed by atoms with Crippen LogP contribution in [0.2, 0.25) is 0 Å². The predicted octanol–water partition coefficient (Wildman–Crippen LogP) is 3.10. The average molecular weight is 176 g/mol. The molecule has 1 rings (SSSR count). The van der Waals surface area contributed by atoms with Gasteiger partial charge in [0.25, 0.3) is 0 Å². The number of nitrogens with zero attached hydrogens (tertiary/aromatic N) is 2. The first kappa shape index (κ1) is 9.78. The molecule has 0 N–H and O–H groups in total. The van der Waals surface area contributed by atoms with E-state index in [-0.39, 0.29) is 0 Å². The largest absolute Gasteiger partial charge is 0.241 e. The van der Waals surface area contributed by atoms with E-state index in [1.807, 2.05) is 23.9 Å². The van der Waals surface area contributed by atoms with Crippen molar-refractivity contribution in [1.82, 2.24) is 9.78 Å². The zero-order valence-corrected chi connectivity index (χ0v) is 8.49. The number of aromatic nitrogens is 2. The molecule has 0 amide bonds. The van der Waals surface area contributed by atoms with Crippen LogP contribution in [0.1, 0.15) is 27.2 Å². The standard InChI is InChI=1S/C11H16N2/c1-4-10(3)9-11(5-2)13-8-6-7-12-13/h5-9H,4H2,1-3H3/b10-9-,11-5+. The van der Waals surface area contributed by atoms with Crippen LogP contribution >= 0.6 is 0 Å². The minimum atomic E-state index is 1.08. The Labute approximate surface area is 79.6 Å². The smallest absolute Gasteiger partial charge is 0.0602 e. The van der Waals surface area contributed by atoms with E-state index in [1.54, 1.807) is 6.20 Å². The number of hydrogen-bond donors (Lipinski definition) is 0. The molecule has 2 nitrogen and oxygen atoms in total. The molecular weight excluding hydrogens is 160 g/mol. The Morgan fingerprint density at radius 2 is 2.31 bits per heavy atom. The van der Waals surface area contributed by atoms with Gasteiger partial charge >= 0.3 is 0 Å². The maximum atomic E-state index is 4.18. The van der Waals surface area contributed by atoms with E-state index in [0.717, 1.165) is 12.1 Å². The van der Waals surface area contributed by atoms with E-state index in [1.165, 1.54) is 5.57 Å². The third kappa shape index (κ3) is 2.58. The molecule has 13 heavy (non-hydrogen) atoms. The zero-order valence-electron chi connectivity index (χ0n) is 8.49. The summed E-state index contributed by atoms with van der Waals surface area (Å²) in [4.78, 5) is 0. The fourth-order valence-corrected chi connectivity index (χ4v) is 1.06. The molecule has 0 bridgehead atoms. The molecule has 0 aliphatic carbocycles. The van der Waals surface area contributed by atoms with Gasteiger partial charge in [0.15, 0.2) is 0 Å². The molecular formula is C11H16N2. The Kier molecular flexibility index (Phi) is 3.50. The van der Waals surface area contributed by atoms with Crippen molar-refractivity contribution in [2.75, 3.05) is 0 Å². The lowest BCUT2D eigenvalue weighted by Crippen LogP contribution is -1.94. The first-order chi connectivity index (χ1) is 6.27. The van der Waals surface area contributed by atoms with Crippen molar-refractivity contribution >= 4 is 5.70 Å². The first-order valence-electron chi connectivity index (χ1n) is 4.61. The van der Waals surface area contributed by atoms with Crippen LogP contribution in [0, 0.1) is 0 Å². The van der Waals surface area contributed by atoms with Gasteiger partial charge in [0.1, 0.15) is 0 Å². The van der Waals surface area contributed by atoms with Crippen LogP contribution < -0.4 is 0 Å². The van der Waals surface area contributed by atoms with Crippen molar-refractivity contribution in [3.63, 3.8) is 0 Å². The second-order valence-corrected chi connectivity index (χ2v) is 3.01. The van der Waals surface area contributed by atoms with E-state index in [2.05, 4.69) is 31.1 Å². The van der Waals surface area contributed by atoms with Crippen molar-refractivity contribution < 1.29 is 0 Å². The van der Waals surface area contributed by atoms with Gasteiger partial charge in [-0.3, -0.25) is 0 Å². The highest BCUT2D eigenvalue weighted by atomic mass is 15.3. The third-order valence-corrected chi connectivity index (χ3v) is 2.02. The van der Waals surface area contributed by atoms with E-state index < -0.39 is 0 Å². The summed E-state index contributed by atoms with van der Waals surface area (Å²) in [5.74, 6) is 0. The van der Waals surface area contributed by atoms with Crippen LogP contribution in [0.15, 0.2) is 36.2 Å². The van der Waals surface area contributed by atoms with E-state index in [0.29, 0.717) is 0 Å². The molecule has 2 heteroatoms. The number of rotatable bonds is 3. The quantitative estimate of drug-likeness (QED) is 0.647. The van der Waals surface area contributed by atoms with Crippen molar-refractivity contribution in [3.05, 3.63) is 36.2 Å². The number of hydrogen-bond acceptors (Lipinski definition) is 1. The van der Waals surface area contributed by atoms with E-state index >= 15 is 0 Å². The van der Waals surface area contributed by atoms with Crippen LogP contribution in [0.3, 0.4) is 0 Å². The Hall–Kier alpha value is -1.31. The van der Waals surface area contributed by atoms with Gasteiger partial charge in [-0.15, -0.1) is 0 Å². The normalized spacial score (nSPS) is 13.5. The minimum absolute atomic E-state index is 1.08. The van der Waals surface area contributed by atoms with Crippen LogP contribution in [0.25, 0.3) is 5.70 Å². The van der Waals surface area contributed by atoms with Crippen LogP contribution in [0.4, 0.5) is 0 Å². The van der Waals surface area contributed by atoms with Gasteiger partial charge in [0.05, 0.1) is 5.70 Å². The lowest BCUT2D eigenvalue weighted by molar-refractivity contribution is 0.904. The Morgan fingerprint density at radius 1 is 1.54 bits per heavy atom. The molecule has 0 aromatic carbocycles. The zero-order chi connectivity index (χ0) is 9.68. The molecule has 0 saturated carbocycles. The fraction of sp³-hybridized carbons (Fsp3) is 0.364. The molecule has 70 valence electrons. The summed E-state index contributed by atoms with van der Waals surface area (Å²) in [5.41, 5.74) is 2.49. The second kappa shape index (κ2) is 4.65. The molecule has 0 atom stereocenters. The Bertz CT molecular complexity index is 305. The SMILES string of the molecule is C/C=C(\C=C(\C)CC)n1cccn1. The van der Waals surface area contributed by atoms with Crippen molar-refractivity contribution in [2.45, 2.75) is 27.2 Å². The van der Waals surface area contributed by atoms with E-state index in [4.69, 9.17) is 0 Å². The molecule has 0 spiro atoms. The van der Waals surface area contributed by atoms with Gasteiger partial charge in [-0.25, -0.2) is 4.68 Å². The molecule has 0 radical (unpaired) electrons. The fourth-order valence-electron chi connectivity index (χ4n) is 1.06. The highest BCUT2D eigenvalue weighted by Crippen LogP contribution is 2.09. The maximum Gasteiger partial charge on any atom is 0.0602 e. The summed E-state index contributed by atoms with van der Waals surface area (Å²) in [6, 6.07) is 1.93. The molecule has 0 aliphatic rings. The lowest BCUT2D eigenvalue weighted by Gasteiger charge is -2.02. The first-order valence-corrected chi connectivity index (χ1v) is 4.61. The summed E-state index contributed by atoms with van der Waals surface area (Å²) in [7, 11) is 0. The summed E-state index contributed by atoms with van der Waals surface area (Å²) in [5, 5.41) is 4.18. The second-order valence-electron chi connectivity index (χ2n) is 3.01. The average Bonchev–Trinajstić information content (AvgIpc) is 2.66. The Morgan fingerprint density at radius 3 is 2.77 bits per heavy atom. The third-order valence-electron chi connectivity index (χ3n) is 2.02. The predicted molar refractivity (Wildman–Crippen MR) is 56.2 cm³/mol. The molecule has 1 aromatic heterocycles. The maximum absolute atomic E-state index is 4.18. The summed E-state index contributed by atoms with van der Waals surface area (Å²) in [6.07, 6.45) is 9.05. The lowest BCUT2D eigenvalue weighted by atomic mass is 10.2. The van der Waals surface area contributed by atoms with Gasteiger partial charge in [-0.2, -0.15) is 5.10 Å². The monoisotopic (exact) mass is 176 g/mol. The molecule has 0 fully saturated rings. The minimum Gasteiger partial charge on any atom is -0.241 e. The van der Waals surface area contributed by atoms with Crippen molar-refractivity contribution in [3.8, 4) is 0 Å². The van der Waals surface area contributed by atoms with E-state index in [9.17, 15) is 0 Å².